The minimum absolute atomic E-state index is 0.0656. The lowest BCUT2D eigenvalue weighted by Gasteiger charge is -2.36. The first-order chi connectivity index (χ1) is 15.7. The molecule has 8 nitrogen and oxygen atoms in total. The Hall–Kier alpha value is -2.13. The summed E-state index contributed by atoms with van der Waals surface area (Å²) < 4.78 is 29.0. The maximum absolute atomic E-state index is 13.2. The number of hydrogen-bond acceptors (Lipinski definition) is 4. The van der Waals surface area contributed by atoms with E-state index in [0.717, 1.165) is 45.1 Å². The molecule has 1 aromatic rings. The van der Waals surface area contributed by atoms with Gasteiger partial charge in [0.25, 0.3) is 0 Å². The second-order valence-corrected chi connectivity index (χ2v) is 11.8. The average Bonchev–Trinajstić information content (AvgIpc) is 3.49. The lowest BCUT2D eigenvalue weighted by atomic mass is 9.82. The number of primary amides is 1. The summed E-state index contributed by atoms with van der Waals surface area (Å²) in [6.45, 7) is 1.43. The molecular formula is C24H37N5O3S. The standard InChI is InChI=1S/C24H37N5O3S/c25-23(30)22(21(19-7-8-19)14-16-4-3-13-29(15-16)24(26)27)28-33(31,32)20-11-9-18(10-12-20)17-5-1-2-6-17/h9-12,16-17,19,21-22,28H,1-8,13-15H2,(H2,25,30)(H3,26,27). The molecule has 1 amide bonds. The largest absolute Gasteiger partial charge is 0.370 e. The van der Waals surface area contributed by atoms with Gasteiger partial charge >= 0.3 is 0 Å². The van der Waals surface area contributed by atoms with E-state index in [1.165, 1.54) is 18.4 Å². The van der Waals surface area contributed by atoms with Gasteiger partial charge in [0.15, 0.2) is 5.96 Å². The van der Waals surface area contributed by atoms with E-state index in [4.69, 9.17) is 16.9 Å². The normalized spacial score (nSPS) is 23.9. The van der Waals surface area contributed by atoms with Crippen molar-refractivity contribution >= 4 is 21.9 Å². The number of nitrogens with two attached hydrogens (primary N) is 2. The van der Waals surface area contributed by atoms with Gasteiger partial charge in [-0.3, -0.25) is 10.2 Å². The molecule has 3 unspecified atom stereocenters. The van der Waals surface area contributed by atoms with Crippen LogP contribution < -0.4 is 16.2 Å². The van der Waals surface area contributed by atoms with E-state index < -0.39 is 22.0 Å². The summed E-state index contributed by atoms with van der Waals surface area (Å²) in [7, 11) is -3.88. The van der Waals surface area contributed by atoms with Crippen molar-refractivity contribution in [2.24, 2.45) is 29.2 Å². The van der Waals surface area contributed by atoms with Crippen molar-refractivity contribution in [3.8, 4) is 0 Å². The van der Waals surface area contributed by atoms with E-state index >= 15 is 0 Å². The Morgan fingerprint density at radius 1 is 1.06 bits per heavy atom. The van der Waals surface area contributed by atoms with E-state index in [2.05, 4.69) is 4.72 Å². The van der Waals surface area contributed by atoms with Gasteiger partial charge in [0.1, 0.15) is 6.04 Å². The van der Waals surface area contributed by atoms with Crippen LogP contribution in [-0.4, -0.2) is 44.3 Å². The smallest absolute Gasteiger partial charge is 0.241 e. The topological polar surface area (TPSA) is 142 Å². The summed E-state index contributed by atoms with van der Waals surface area (Å²) in [6.07, 6.45) is 9.32. The third kappa shape index (κ3) is 5.87. The van der Waals surface area contributed by atoms with Crippen molar-refractivity contribution in [3.05, 3.63) is 29.8 Å². The van der Waals surface area contributed by atoms with E-state index in [9.17, 15) is 13.2 Å². The molecule has 1 heterocycles. The van der Waals surface area contributed by atoms with Gasteiger partial charge in [-0.05, 0) is 86.3 Å². The summed E-state index contributed by atoms with van der Waals surface area (Å²) >= 11 is 0. The SMILES string of the molecule is N=C(N)N1CCCC(CC(C2CC2)C(NS(=O)(=O)c2ccc(C3CCCC3)cc2)C(N)=O)C1. The first-order valence-electron chi connectivity index (χ1n) is 12.2. The molecule has 9 heteroatoms. The van der Waals surface area contributed by atoms with Crippen LogP contribution in [0.1, 0.15) is 69.3 Å². The van der Waals surface area contributed by atoms with Gasteiger partial charge in [-0.1, -0.05) is 25.0 Å². The van der Waals surface area contributed by atoms with Crippen LogP contribution in [0.25, 0.3) is 0 Å². The fourth-order valence-corrected chi connectivity index (χ4v) is 7.01. The average molecular weight is 476 g/mol. The molecule has 3 aliphatic rings. The highest BCUT2D eigenvalue weighted by Crippen LogP contribution is 2.43. The summed E-state index contributed by atoms with van der Waals surface area (Å²) in [5.41, 5.74) is 12.6. The van der Waals surface area contributed by atoms with Crippen molar-refractivity contribution in [1.29, 1.82) is 5.41 Å². The number of piperidine rings is 1. The molecule has 0 aromatic heterocycles. The molecule has 33 heavy (non-hydrogen) atoms. The zero-order valence-corrected chi connectivity index (χ0v) is 20.0. The number of sulfonamides is 1. The van der Waals surface area contributed by atoms with Crippen molar-refractivity contribution in [1.82, 2.24) is 9.62 Å². The summed E-state index contributed by atoms with van der Waals surface area (Å²) in [6, 6.07) is 6.16. The van der Waals surface area contributed by atoms with Crippen LogP contribution in [0.5, 0.6) is 0 Å². The molecule has 6 N–H and O–H groups in total. The number of likely N-dealkylation sites (tertiary alicyclic amines) is 1. The Bertz CT molecular complexity index is 955. The fourth-order valence-electron chi connectivity index (χ4n) is 5.76. The molecule has 1 aliphatic heterocycles. The molecule has 2 saturated carbocycles. The molecule has 1 aromatic carbocycles. The minimum Gasteiger partial charge on any atom is -0.370 e. The zero-order valence-electron chi connectivity index (χ0n) is 19.2. The highest BCUT2D eigenvalue weighted by molar-refractivity contribution is 7.89. The maximum Gasteiger partial charge on any atom is 0.241 e. The highest BCUT2D eigenvalue weighted by Gasteiger charge is 2.42. The molecule has 0 bridgehead atoms. The fraction of sp³-hybridized carbons (Fsp3) is 0.667. The second kappa shape index (κ2) is 10.0. The van der Waals surface area contributed by atoms with Crippen molar-refractivity contribution in [3.63, 3.8) is 0 Å². The molecule has 3 atom stereocenters. The number of amides is 1. The van der Waals surface area contributed by atoms with E-state index in [-0.39, 0.29) is 22.7 Å². The van der Waals surface area contributed by atoms with E-state index in [0.29, 0.717) is 24.8 Å². The van der Waals surface area contributed by atoms with Crippen LogP contribution in [0.4, 0.5) is 0 Å². The molecule has 0 radical (unpaired) electrons. The Morgan fingerprint density at radius 2 is 1.73 bits per heavy atom. The monoisotopic (exact) mass is 475 g/mol. The lowest BCUT2D eigenvalue weighted by Crippen LogP contribution is -2.51. The van der Waals surface area contributed by atoms with E-state index in [1.54, 1.807) is 12.1 Å². The molecule has 4 rings (SSSR count). The number of benzene rings is 1. The minimum atomic E-state index is -3.88. The van der Waals surface area contributed by atoms with Gasteiger partial charge in [-0.2, -0.15) is 4.72 Å². The highest BCUT2D eigenvalue weighted by atomic mass is 32.2. The van der Waals surface area contributed by atoms with Gasteiger partial charge in [-0.25, -0.2) is 8.42 Å². The first-order valence-corrected chi connectivity index (χ1v) is 13.7. The Balaban J connectivity index is 1.48. The van der Waals surface area contributed by atoms with Gasteiger partial charge in [0, 0.05) is 13.1 Å². The number of guanidine groups is 1. The molecule has 3 fully saturated rings. The van der Waals surface area contributed by atoms with Gasteiger partial charge < -0.3 is 16.4 Å². The zero-order chi connectivity index (χ0) is 23.6. The maximum atomic E-state index is 13.2. The second-order valence-electron chi connectivity index (χ2n) is 10.1. The summed E-state index contributed by atoms with van der Waals surface area (Å²) in [5.74, 6) is 0.352. The summed E-state index contributed by atoms with van der Waals surface area (Å²) in [4.78, 5) is 14.5. The van der Waals surface area contributed by atoms with Crippen LogP contribution >= 0.6 is 0 Å². The number of carbonyl (C=O) groups is 1. The third-order valence-electron chi connectivity index (χ3n) is 7.73. The van der Waals surface area contributed by atoms with Gasteiger partial charge in [0.2, 0.25) is 15.9 Å². The van der Waals surface area contributed by atoms with Gasteiger partial charge in [-0.15, -0.1) is 0 Å². The number of nitrogens with one attached hydrogen (secondary N) is 2. The van der Waals surface area contributed by atoms with Gasteiger partial charge in [0.05, 0.1) is 4.90 Å². The third-order valence-corrected chi connectivity index (χ3v) is 9.18. The molecule has 1 saturated heterocycles. The lowest BCUT2D eigenvalue weighted by molar-refractivity contribution is -0.121. The Kier molecular flexibility index (Phi) is 7.28. The van der Waals surface area contributed by atoms with Crippen LogP contribution in [0.3, 0.4) is 0 Å². The predicted octanol–water partition coefficient (Wildman–Crippen LogP) is 2.50. The van der Waals surface area contributed by atoms with Crippen molar-refractivity contribution in [2.45, 2.75) is 74.6 Å². The number of rotatable bonds is 9. The first kappa shape index (κ1) is 24.0. The number of nitrogens with zero attached hydrogens (tertiary/aromatic N) is 1. The Labute approximate surface area is 197 Å². The Morgan fingerprint density at radius 3 is 2.30 bits per heavy atom. The van der Waals surface area contributed by atoms with Crippen molar-refractivity contribution < 1.29 is 13.2 Å². The quantitative estimate of drug-likeness (QED) is 0.321. The van der Waals surface area contributed by atoms with Crippen LogP contribution in [0, 0.1) is 23.2 Å². The number of carbonyl (C=O) groups excluding carboxylic acids is 1. The predicted molar refractivity (Wildman–Crippen MR) is 128 cm³/mol. The summed E-state index contributed by atoms with van der Waals surface area (Å²) in [5, 5.41) is 7.73. The molecular weight excluding hydrogens is 438 g/mol. The number of hydrogen-bond donors (Lipinski definition) is 4. The van der Waals surface area contributed by atoms with Crippen LogP contribution in [0.15, 0.2) is 29.2 Å². The van der Waals surface area contributed by atoms with E-state index in [1.807, 2.05) is 17.0 Å². The van der Waals surface area contributed by atoms with Crippen molar-refractivity contribution in [2.75, 3.05) is 13.1 Å². The molecule has 182 valence electrons. The molecule has 0 spiro atoms. The molecule has 2 aliphatic carbocycles. The van der Waals surface area contributed by atoms with Crippen LogP contribution in [-0.2, 0) is 14.8 Å². The van der Waals surface area contributed by atoms with Crippen LogP contribution in [0.2, 0.25) is 0 Å².